The highest BCUT2D eigenvalue weighted by molar-refractivity contribution is 5.88. The lowest BCUT2D eigenvalue weighted by Gasteiger charge is -2.27. The second-order valence-corrected chi connectivity index (χ2v) is 7.13. The number of nitrogens with one attached hydrogen (secondary N) is 1. The van der Waals surface area contributed by atoms with Gasteiger partial charge in [0.1, 0.15) is 5.82 Å². The Bertz CT molecular complexity index is 790. The van der Waals surface area contributed by atoms with Crippen molar-refractivity contribution in [2.75, 3.05) is 11.9 Å². The maximum atomic E-state index is 12.6. The third kappa shape index (κ3) is 2.66. The first-order valence-corrected chi connectivity index (χ1v) is 8.86. The molecule has 0 spiro atoms. The second kappa shape index (κ2) is 5.33. The molecule has 0 radical (unpaired) electrons. The van der Waals surface area contributed by atoms with E-state index in [1.165, 1.54) is 31.4 Å². The zero-order valence-corrected chi connectivity index (χ0v) is 13.6. The number of nitrogens with zero attached hydrogens (tertiary/aromatic N) is 4. The predicted octanol–water partition coefficient (Wildman–Crippen LogP) is 3.08. The topological polar surface area (TPSA) is 63.1 Å². The molecule has 0 bridgehead atoms. The minimum atomic E-state index is -0.0733. The Morgan fingerprint density at radius 1 is 1.08 bits per heavy atom. The standard InChI is InChI=1S/C18H21N5O/c24-18(20-17-3-1-2-15(19-17)12-4-5-12)22-8-9-23-14(11-22)10-16(21-23)13-6-7-13/h1-3,10,12-13H,4-9,11H2,(H,19,20,24). The van der Waals surface area contributed by atoms with E-state index >= 15 is 0 Å². The zero-order chi connectivity index (χ0) is 16.1. The van der Waals surface area contributed by atoms with E-state index in [9.17, 15) is 4.79 Å². The number of carbonyl (C=O) groups is 1. The zero-order valence-electron chi connectivity index (χ0n) is 13.6. The van der Waals surface area contributed by atoms with Gasteiger partial charge in [0.2, 0.25) is 0 Å². The van der Waals surface area contributed by atoms with Crippen LogP contribution in [0.5, 0.6) is 0 Å². The van der Waals surface area contributed by atoms with Crippen LogP contribution in [-0.4, -0.2) is 32.2 Å². The van der Waals surface area contributed by atoms with Crippen LogP contribution in [0.4, 0.5) is 10.6 Å². The molecule has 2 aromatic rings. The quantitative estimate of drug-likeness (QED) is 0.944. The van der Waals surface area contributed by atoms with E-state index in [0.717, 1.165) is 17.9 Å². The summed E-state index contributed by atoms with van der Waals surface area (Å²) in [7, 11) is 0. The molecule has 2 aliphatic carbocycles. The molecule has 124 valence electrons. The molecule has 5 rings (SSSR count). The first-order chi connectivity index (χ1) is 11.8. The van der Waals surface area contributed by atoms with Crippen LogP contribution in [0, 0.1) is 0 Å². The Morgan fingerprint density at radius 2 is 1.88 bits per heavy atom. The van der Waals surface area contributed by atoms with E-state index < -0.39 is 0 Å². The molecule has 6 nitrogen and oxygen atoms in total. The van der Waals surface area contributed by atoms with E-state index in [1.54, 1.807) is 0 Å². The summed E-state index contributed by atoms with van der Waals surface area (Å²) >= 11 is 0. The molecule has 0 aromatic carbocycles. The van der Waals surface area contributed by atoms with Crippen molar-refractivity contribution in [1.29, 1.82) is 0 Å². The highest BCUT2D eigenvalue weighted by atomic mass is 16.2. The number of rotatable bonds is 3. The van der Waals surface area contributed by atoms with Crippen molar-refractivity contribution >= 4 is 11.8 Å². The summed E-state index contributed by atoms with van der Waals surface area (Å²) in [4.78, 5) is 19.0. The Hall–Kier alpha value is -2.37. The van der Waals surface area contributed by atoms with Crippen molar-refractivity contribution in [3.8, 4) is 0 Å². The van der Waals surface area contributed by atoms with Gasteiger partial charge in [-0.2, -0.15) is 5.10 Å². The molecule has 2 amide bonds. The van der Waals surface area contributed by atoms with E-state index in [1.807, 2.05) is 23.1 Å². The molecule has 1 N–H and O–H groups in total. The summed E-state index contributed by atoms with van der Waals surface area (Å²) in [6.45, 7) is 2.08. The second-order valence-electron chi connectivity index (χ2n) is 7.13. The summed E-state index contributed by atoms with van der Waals surface area (Å²) in [5, 5.41) is 7.63. The van der Waals surface area contributed by atoms with Crippen molar-refractivity contribution in [3.05, 3.63) is 41.3 Å². The number of hydrogen-bond donors (Lipinski definition) is 1. The molecule has 3 aliphatic rings. The van der Waals surface area contributed by atoms with Gasteiger partial charge in [0, 0.05) is 24.1 Å². The monoisotopic (exact) mass is 323 g/mol. The molecule has 3 heterocycles. The van der Waals surface area contributed by atoms with Crippen LogP contribution in [0.1, 0.15) is 54.6 Å². The Balaban J connectivity index is 1.28. The maximum absolute atomic E-state index is 12.6. The number of aromatic nitrogens is 3. The van der Waals surface area contributed by atoms with Gasteiger partial charge in [0.25, 0.3) is 0 Å². The van der Waals surface area contributed by atoms with Crippen molar-refractivity contribution in [2.24, 2.45) is 0 Å². The van der Waals surface area contributed by atoms with Gasteiger partial charge >= 0.3 is 6.03 Å². The molecule has 2 saturated carbocycles. The minimum absolute atomic E-state index is 0.0733. The Kier molecular flexibility index (Phi) is 3.11. The molecule has 2 fully saturated rings. The smallest absolute Gasteiger partial charge is 0.317 e. The van der Waals surface area contributed by atoms with Gasteiger partial charge in [0.05, 0.1) is 24.5 Å². The minimum Gasteiger partial charge on any atom is -0.317 e. The number of anilines is 1. The van der Waals surface area contributed by atoms with Gasteiger partial charge < -0.3 is 4.90 Å². The van der Waals surface area contributed by atoms with Crippen molar-refractivity contribution in [1.82, 2.24) is 19.7 Å². The molecular formula is C18H21N5O. The van der Waals surface area contributed by atoms with Crippen LogP contribution in [0.25, 0.3) is 0 Å². The summed E-state index contributed by atoms with van der Waals surface area (Å²) in [6, 6.07) is 7.98. The fourth-order valence-corrected chi connectivity index (χ4v) is 3.36. The number of amides is 2. The SMILES string of the molecule is O=C(Nc1cccc(C2CC2)n1)N1CCn2nc(C3CC3)cc2C1. The molecule has 24 heavy (non-hydrogen) atoms. The fraction of sp³-hybridized carbons (Fsp3) is 0.500. The fourth-order valence-electron chi connectivity index (χ4n) is 3.36. The van der Waals surface area contributed by atoms with Gasteiger partial charge in [-0.3, -0.25) is 10.00 Å². The van der Waals surface area contributed by atoms with Crippen LogP contribution in [0.2, 0.25) is 0 Å². The van der Waals surface area contributed by atoms with E-state index in [4.69, 9.17) is 0 Å². The first-order valence-electron chi connectivity index (χ1n) is 8.86. The lowest BCUT2D eigenvalue weighted by molar-refractivity contribution is 0.194. The molecule has 0 atom stereocenters. The number of urea groups is 1. The van der Waals surface area contributed by atoms with Gasteiger partial charge in [-0.1, -0.05) is 6.07 Å². The van der Waals surface area contributed by atoms with E-state index in [-0.39, 0.29) is 6.03 Å². The number of pyridine rings is 1. The van der Waals surface area contributed by atoms with E-state index in [0.29, 0.717) is 30.7 Å². The van der Waals surface area contributed by atoms with Crippen molar-refractivity contribution in [2.45, 2.75) is 50.6 Å². The van der Waals surface area contributed by atoms with Crippen LogP contribution >= 0.6 is 0 Å². The lowest BCUT2D eigenvalue weighted by atomic mass is 10.2. The summed E-state index contributed by atoms with van der Waals surface area (Å²) in [5.41, 5.74) is 3.43. The largest absolute Gasteiger partial charge is 0.323 e. The number of hydrogen-bond acceptors (Lipinski definition) is 3. The molecule has 1 aliphatic heterocycles. The number of carbonyl (C=O) groups excluding carboxylic acids is 1. The predicted molar refractivity (Wildman–Crippen MR) is 89.8 cm³/mol. The average molecular weight is 323 g/mol. The van der Waals surface area contributed by atoms with E-state index in [2.05, 4.69) is 26.1 Å². The third-order valence-electron chi connectivity index (χ3n) is 5.10. The summed E-state index contributed by atoms with van der Waals surface area (Å²) in [6.07, 6.45) is 4.93. The number of fused-ring (bicyclic) bond motifs is 1. The van der Waals surface area contributed by atoms with Crippen LogP contribution in [0.15, 0.2) is 24.3 Å². The normalized spacial score (nSPS) is 19.9. The molecule has 6 heteroatoms. The Labute approximate surface area is 140 Å². The first kappa shape index (κ1) is 14.0. The van der Waals surface area contributed by atoms with Gasteiger partial charge in [-0.15, -0.1) is 0 Å². The van der Waals surface area contributed by atoms with Crippen LogP contribution < -0.4 is 5.32 Å². The third-order valence-corrected chi connectivity index (χ3v) is 5.10. The summed E-state index contributed by atoms with van der Waals surface area (Å²) in [5.74, 6) is 1.90. The maximum Gasteiger partial charge on any atom is 0.323 e. The molecule has 0 unspecified atom stereocenters. The highest BCUT2D eigenvalue weighted by Gasteiger charge is 2.30. The van der Waals surface area contributed by atoms with Gasteiger partial charge in [-0.05, 0) is 43.9 Å². The molecular weight excluding hydrogens is 302 g/mol. The Morgan fingerprint density at radius 3 is 2.67 bits per heavy atom. The molecule has 2 aromatic heterocycles. The lowest BCUT2D eigenvalue weighted by Crippen LogP contribution is -2.41. The highest BCUT2D eigenvalue weighted by Crippen LogP contribution is 2.40. The van der Waals surface area contributed by atoms with Crippen molar-refractivity contribution < 1.29 is 4.79 Å². The van der Waals surface area contributed by atoms with Crippen LogP contribution in [0.3, 0.4) is 0 Å². The summed E-state index contributed by atoms with van der Waals surface area (Å²) < 4.78 is 2.06. The van der Waals surface area contributed by atoms with Crippen LogP contribution in [-0.2, 0) is 13.1 Å². The molecule has 0 saturated heterocycles. The van der Waals surface area contributed by atoms with Gasteiger partial charge in [-0.25, -0.2) is 9.78 Å². The van der Waals surface area contributed by atoms with Crippen molar-refractivity contribution in [3.63, 3.8) is 0 Å². The average Bonchev–Trinajstić information content (AvgIpc) is 3.50. The van der Waals surface area contributed by atoms with Gasteiger partial charge in [0.15, 0.2) is 0 Å².